The summed E-state index contributed by atoms with van der Waals surface area (Å²) in [4.78, 5) is 3.99. The molecule has 1 heterocycles. The molecule has 4 heteroatoms. The van der Waals surface area contributed by atoms with E-state index in [2.05, 4.69) is 10.3 Å². The molecule has 0 aliphatic heterocycles. The highest BCUT2D eigenvalue weighted by Crippen LogP contribution is 2.27. The van der Waals surface area contributed by atoms with Crippen LogP contribution in [0.4, 0.5) is 0 Å². The Bertz CT molecular complexity index is 529. The van der Waals surface area contributed by atoms with Gasteiger partial charge in [-0.3, -0.25) is 4.98 Å². The van der Waals surface area contributed by atoms with Crippen LogP contribution < -0.4 is 5.32 Å². The predicted molar refractivity (Wildman–Crippen MR) is 76.2 cm³/mol. The van der Waals surface area contributed by atoms with Gasteiger partial charge >= 0.3 is 0 Å². The summed E-state index contributed by atoms with van der Waals surface area (Å²) in [6, 6.07) is 9.91. The molecule has 94 valence electrons. The van der Waals surface area contributed by atoms with Gasteiger partial charge in [0.1, 0.15) is 0 Å². The van der Waals surface area contributed by atoms with E-state index in [1.807, 2.05) is 37.4 Å². The van der Waals surface area contributed by atoms with Crippen LogP contribution >= 0.6 is 23.2 Å². The molecule has 0 fully saturated rings. The number of aromatic nitrogens is 1. The van der Waals surface area contributed by atoms with Crippen molar-refractivity contribution in [1.82, 2.24) is 10.3 Å². The smallest absolute Gasteiger partial charge is 0.0622 e. The second kappa shape index (κ2) is 6.19. The van der Waals surface area contributed by atoms with E-state index in [-0.39, 0.29) is 6.04 Å². The highest BCUT2D eigenvalue weighted by molar-refractivity contribution is 6.31. The van der Waals surface area contributed by atoms with Gasteiger partial charge in [0.2, 0.25) is 0 Å². The molecular weight excluding hydrogens is 267 g/mol. The van der Waals surface area contributed by atoms with E-state index in [1.54, 1.807) is 12.4 Å². The maximum Gasteiger partial charge on any atom is 0.0622 e. The summed E-state index contributed by atoms with van der Waals surface area (Å²) in [6.07, 6.45) is 4.19. The van der Waals surface area contributed by atoms with Crippen molar-refractivity contribution in [3.8, 4) is 0 Å². The minimum atomic E-state index is 0.138. The van der Waals surface area contributed by atoms with E-state index in [1.165, 1.54) is 0 Å². The molecule has 2 rings (SSSR count). The Balaban J connectivity index is 2.26. The molecule has 0 saturated heterocycles. The van der Waals surface area contributed by atoms with Crippen LogP contribution in [0.1, 0.15) is 17.2 Å². The standard InChI is InChI=1S/C14H14Cl2N2/c1-17-14(11-4-2-3-5-12(11)15)8-10-6-7-18-9-13(10)16/h2-7,9,14,17H,8H2,1H3. The highest BCUT2D eigenvalue weighted by Gasteiger charge is 2.14. The van der Waals surface area contributed by atoms with Crippen LogP contribution in [-0.2, 0) is 6.42 Å². The second-order valence-corrected chi connectivity index (χ2v) is 4.85. The average Bonchev–Trinajstić information content (AvgIpc) is 2.39. The maximum atomic E-state index is 6.22. The Hall–Kier alpha value is -1.09. The summed E-state index contributed by atoms with van der Waals surface area (Å²) < 4.78 is 0. The fourth-order valence-corrected chi connectivity index (χ4v) is 2.38. The molecule has 0 bridgehead atoms. The Labute approximate surface area is 117 Å². The first-order chi connectivity index (χ1) is 8.72. The van der Waals surface area contributed by atoms with E-state index in [0.717, 1.165) is 22.6 Å². The number of likely N-dealkylation sites (N-methyl/N-ethyl adjacent to an activating group) is 1. The van der Waals surface area contributed by atoms with Gasteiger partial charge in [-0.15, -0.1) is 0 Å². The van der Waals surface area contributed by atoms with Crippen LogP contribution in [-0.4, -0.2) is 12.0 Å². The lowest BCUT2D eigenvalue weighted by molar-refractivity contribution is 0.592. The molecule has 18 heavy (non-hydrogen) atoms. The molecule has 2 nitrogen and oxygen atoms in total. The van der Waals surface area contributed by atoms with Crippen LogP contribution in [0.2, 0.25) is 10.0 Å². The maximum absolute atomic E-state index is 6.22. The summed E-state index contributed by atoms with van der Waals surface area (Å²) in [6.45, 7) is 0. The van der Waals surface area contributed by atoms with Crippen LogP contribution in [0.15, 0.2) is 42.7 Å². The summed E-state index contributed by atoms with van der Waals surface area (Å²) >= 11 is 12.3. The van der Waals surface area contributed by atoms with Crippen LogP contribution in [0, 0.1) is 0 Å². The van der Waals surface area contributed by atoms with Gasteiger partial charge in [-0.2, -0.15) is 0 Å². The van der Waals surface area contributed by atoms with Gasteiger partial charge in [-0.05, 0) is 36.7 Å². The van der Waals surface area contributed by atoms with Gasteiger partial charge in [0, 0.05) is 23.5 Å². The van der Waals surface area contributed by atoms with Crippen molar-refractivity contribution in [3.05, 3.63) is 63.9 Å². The normalized spacial score (nSPS) is 12.4. The van der Waals surface area contributed by atoms with E-state index in [0.29, 0.717) is 5.02 Å². The van der Waals surface area contributed by atoms with Crippen molar-refractivity contribution in [3.63, 3.8) is 0 Å². The molecule has 0 spiro atoms. The third kappa shape index (κ3) is 3.02. The lowest BCUT2D eigenvalue weighted by atomic mass is 9.99. The zero-order valence-electron chi connectivity index (χ0n) is 10.0. The van der Waals surface area contributed by atoms with E-state index in [4.69, 9.17) is 23.2 Å². The van der Waals surface area contributed by atoms with Crippen LogP contribution in [0.25, 0.3) is 0 Å². The van der Waals surface area contributed by atoms with Crippen molar-refractivity contribution in [2.24, 2.45) is 0 Å². The zero-order chi connectivity index (χ0) is 13.0. The number of hydrogen-bond donors (Lipinski definition) is 1. The first-order valence-electron chi connectivity index (χ1n) is 5.72. The minimum Gasteiger partial charge on any atom is -0.313 e. The molecule has 1 aromatic carbocycles. The average molecular weight is 281 g/mol. The topological polar surface area (TPSA) is 24.9 Å². The fourth-order valence-electron chi connectivity index (χ4n) is 1.91. The number of rotatable bonds is 4. The van der Waals surface area contributed by atoms with Gasteiger partial charge in [0.05, 0.1) is 5.02 Å². The lowest BCUT2D eigenvalue weighted by Crippen LogP contribution is -2.19. The van der Waals surface area contributed by atoms with Crippen molar-refractivity contribution >= 4 is 23.2 Å². The number of halogens is 2. The largest absolute Gasteiger partial charge is 0.313 e. The molecule has 0 aliphatic rings. The number of nitrogens with one attached hydrogen (secondary N) is 1. The molecule has 0 amide bonds. The molecule has 1 aromatic heterocycles. The summed E-state index contributed by atoms with van der Waals surface area (Å²) in [5.41, 5.74) is 2.14. The molecule has 2 aromatic rings. The fraction of sp³-hybridized carbons (Fsp3) is 0.214. The van der Waals surface area contributed by atoms with E-state index < -0.39 is 0 Å². The molecule has 1 atom stereocenters. The number of nitrogens with zero attached hydrogens (tertiary/aromatic N) is 1. The Morgan fingerprint density at radius 1 is 1.17 bits per heavy atom. The van der Waals surface area contributed by atoms with Gasteiger partial charge in [0.15, 0.2) is 0 Å². The third-order valence-corrected chi connectivity index (χ3v) is 3.59. The SMILES string of the molecule is CNC(Cc1ccncc1Cl)c1ccccc1Cl. The van der Waals surface area contributed by atoms with Crippen molar-refractivity contribution in [2.45, 2.75) is 12.5 Å². The van der Waals surface area contributed by atoms with Gasteiger partial charge in [-0.25, -0.2) is 0 Å². The van der Waals surface area contributed by atoms with Gasteiger partial charge < -0.3 is 5.32 Å². The van der Waals surface area contributed by atoms with E-state index in [9.17, 15) is 0 Å². The molecular formula is C14H14Cl2N2. The van der Waals surface area contributed by atoms with Gasteiger partial charge in [-0.1, -0.05) is 41.4 Å². The minimum absolute atomic E-state index is 0.138. The Kier molecular flexibility index (Phi) is 4.59. The van der Waals surface area contributed by atoms with Crippen molar-refractivity contribution in [2.75, 3.05) is 7.05 Å². The lowest BCUT2D eigenvalue weighted by Gasteiger charge is -2.18. The predicted octanol–water partition coefficient (Wildman–Crippen LogP) is 3.89. The second-order valence-electron chi connectivity index (χ2n) is 4.03. The molecule has 1 unspecified atom stereocenters. The van der Waals surface area contributed by atoms with Gasteiger partial charge in [0.25, 0.3) is 0 Å². The number of pyridine rings is 1. The zero-order valence-corrected chi connectivity index (χ0v) is 11.5. The summed E-state index contributed by atoms with van der Waals surface area (Å²) in [5, 5.41) is 4.72. The van der Waals surface area contributed by atoms with Crippen molar-refractivity contribution < 1.29 is 0 Å². The molecule has 0 aliphatic carbocycles. The Morgan fingerprint density at radius 3 is 2.61 bits per heavy atom. The highest BCUT2D eigenvalue weighted by atomic mass is 35.5. The third-order valence-electron chi connectivity index (χ3n) is 2.91. The van der Waals surface area contributed by atoms with Crippen LogP contribution in [0.3, 0.4) is 0 Å². The molecule has 1 N–H and O–H groups in total. The summed E-state index contributed by atoms with van der Waals surface area (Å²) in [5.74, 6) is 0. The van der Waals surface area contributed by atoms with Crippen molar-refractivity contribution in [1.29, 1.82) is 0 Å². The number of hydrogen-bond acceptors (Lipinski definition) is 2. The quantitative estimate of drug-likeness (QED) is 0.919. The molecule has 0 radical (unpaired) electrons. The number of benzene rings is 1. The van der Waals surface area contributed by atoms with Crippen LogP contribution in [0.5, 0.6) is 0 Å². The monoisotopic (exact) mass is 280 g/mol. The molecule has 0 saturated carbocycles. The first kappa shape index (κ1) is 13.3. The Morgan fingerprint density at radius 2 is 1.94 bits per heavy atom. The summed E-state index contributed by atoms with van der Waals surface area (Å²) in [7, 11) is 1.92. The first-order valence-corrected chi connectivity index (χ1v) is 6.48. The van der Waals surface area contributed by atoms with E-state index >= 15 is 0 Å².